The van der Waals surface area contributed by atoms with Gasteiger partial charge in [-0.1, -0.05) is 0 Å². The summed E-state index contributed by atoms with van der Waals surface area (Å²) in [5.74, 6) is 5.37. The first-order chi connectivity index (χ1) is 23.7. The van der Waals surface area contributed by atoms with Crippen LogP contribution in [-0.2, 0) is 19.6 Å². The van der Waals surface area contributed by atoms with Crippen LogP contribution in [0.3, 0.4) is 0 Å². The molecule has 49 heavy (non-hydrogen) atoms. The molecule has 3 N–H and O–H groups in total. The summed E-state index contributed by atoms with van der Waals surface area (Å²) in [6.45, 7) is 7.51. The monoisotopic (exact) mass is 686 g/mol. The molecule has 0 aliphatic rings. The number of benzene rings is 3. The molecule has 0 aliphatic heterocycles. The molecule has 0 saturated carbocycles. The lowest BCUT2D eigenvalue weighted by Crippen LogP contribution is -2.54. The van der Waals surface area contributed by atoms with Gasteiger partial charge in [0.25, 0.3) is 0 Å². The van der Waals surface area contributed by atoms with E-state index >= 15 is 0 Å². The maximum absolute atomic E-state index is 5.57. The minimum Gasteiger partial charge on any atom is -0.493 e. The number of rotatable bonds is 22. The largest absolute Gasteiger partial charge is 0.493 e. The Hall–Kier alpha value is -4.30. The predicted molar refractivity (Wildman–Crippen MR) is 189 cm³/mol. The van der Waals surface area contributed by atoms with Gasteiger partial charge in [0.15, 0.2) is 34.5 Å². The maximum atomic E-state index is 5.57. The van der Waals surface area contributed by atoms with Crippen LogP contribution in [0.5, 0.6) is 51.7 Å². The van der Waals surface area contributed by atoms with Crippen LogP contribution in [0.2, 0.25) is 0 Å². The van der Waals surface area contributed by atoms with Gasteiger partial charge in [-0.15, -0.1) is 0 Å². The molecule has 0 aliphatic carbocycles. The molecule has 2 atom stereocenters. The van der Waals surface area contributed by atoms with Crippen molar-refractivity contribution in [3.63, 3.8) is 0 Å². The molecular formula is C36H54N4O9. The number of ether oxygens (including phenoxy) is 9. The molecule has 3 aromatic rings. The van der Waals surface area contributed by atoms with E-state index in [1.165, 1.54) is 0 Å². The Morgan fingerprint density at radius 2 is 0.735 bits per heavy atom. The molecule has 0 bridgehead atoms. The Bertz CT molecular complexity index is 1320. The van der Waals surface area contributed by atoms with E-state index in [0.717, 1.165) is 23.2 Å². The van der Waals surface area contributed by atoms with Crippen molar-refractivity contribution in [3.8, 4) is 51.7 Å². The van der Waals surface area contributed by atoms with E-state index in [9.17, 15) is 0 Å². The van der Waals surface area contributed by atoms with Gasteiger partial charge in [0.2, 0.25) is 17.2 Å². The first kappa shape index (κ1) is 39.1. The third kappa shape index (κ3) is 10.1. The second-order valence-electron chi connectivity index (χ2n) is 11.1. The third-order valence-corrected chi connectivity index (χ3v) is 8.25. The highest BCUT2D eigenvalue weighted by Gasteiger charge is 2.22. The van der Waals surface area contributed by atoms with Crippen LogP contribution in [0.25, 0.3) is 0 Å². The molecular weight excluding hydrogens is 632 g/mol. The van der Waals surface area contributed by atoms with Gasteiger partial charge in [0.1, 0.15) is 0 Å². The zero-order chi connectivity index (χ0) is 35.9. The Labute approximate surface area is 291 Å². The number of methoxy groups -OCH3 is 9. The minimum atomic E-state index is -0.0236. The van der Waals surface area contributed by atoms with E-state index in [0.29, 0.717) is 77.9 Å². The second kappa shape index (κ2) is 19.6. The first-order valence-corrected chi connectivity index (χ1v) is 16.0. The van der Waals surface area contributed by atoms with Crippen molar-refractivity contribution in [1.29, 1.82) is 0 Å². The molecule has 2 unspecified atom stereocenters. The van der Waals surface area contributed by atoms with Crippen molar-refractivity contribution >= 4 is 0 Å². The summed E-state index contributed by atoms with van der Waals surface area (Å²) in [5, 5.41) is 10.9. The summed E-state index contributed by atoms with van der Waals surface area (Å²) < 4.78 is 49.8. The Kier molecular flexibility index (Phi) is 15.7. The van der Waals surface area contributed by atoms with E-state index in [2.05, 4.69) is 34.7 Å². The van der Waals surface area contributed by atoms with Gasteiger partial charge >= 0.3 is 0 Å². The summed E-state index contributed by atoms with van der Waals surface area (Å²) in [6.07, 6.45) is -0.0472. The highest BCUT2D eigenvalue weighted by molar-refractivity contribution is 5.55. The minimum absolute atomic E-state index is 0.0236. The molecule has 0 saturated heterocycles. The fourth-order valence-electron chi connectivity index (χ4n) is 5.64. The fourth-order valence-corrected chi connectivity index (χ4v) is 5.64. The summed E-state index contributed by atoms with van der Waals surface area (Å²) >= 11 is 0. The first-order valence-electron chi connectivity index (χ1n) is 16.0. The summed E-state index contributed by atoms with van der Waals surface area (Å²) in [6, 6.07) is 11.7. The van der Waals surface area contributed by atoms with Crippen molar-refractivity contribution in [3.05, 3.63) is 53.1 Å². The summed E-state index contributed by atoms with van der Waals surface area (Å²) in [4.78, 5) is 2.36. The Balaban J connectivity index is 1.77. The quantitative estimate of drug-likeness (QED) is 0.102. The second-order valence-corrected chi connectivity index (χ2v) is 11.1. The third-order valence-electron chi connectivity index (χ3n) is 8.25. The van der Waals surface area contributed by atoms with Crippen molar-refractivity contribution in [2.75, 3.05) is 77.1 Å². The number of nitrogens with one attached hydrogen (secondary N) is 3. The van der Waals surface area contributed by atoms with E-state index in [-0.39, 0.29) is 12.3 Å². The molecule has 0 fully saturated rings. The maximum Gasteiger partial charge on any atom is 0.203 e. The summed E-state index contributed by atoms with van der Waals surface area (Å²) in [5.41, 5.74) is 3.02. The predicted octanol–water partition coefficient (Wildman–Crippen LogP) is 4.43. The van der Waals surface area contributed by atoms with Crippen LogP contribution < -0.4 is 58.6 Å². The van der Waals surface area contributed by atoms with Crippen LogP contribution in [0, 0.1) is 0 Å². The smallest absolute Gasteiger partial charge is 0.203 e. The average Bonchev–Trinajstić information content (AvgIpc) is 3.14. The highest BCUT2D eigenvalue weighted by Crippen LogP contribution is 2.40. The molecule has 0 heterocycles. The zero-order valence-corrected chi connectivity index (χ0v) is 30.8. The van der Waals surface area contributed by atoms with Crippen molar-refractivity contribution in [2.45, 2.75) is 45.8 Å². The van der Waals surface area contributed by atoms with Crippen LogP contribution in [0.4, 0.5) is 0 Å². The van der Waals surface area contributed by atoms with Gasteiger partial charge in [-0.25, -0.2) is 0 Å². The van der Waals surface area contributed by atoms with Gasteiger partial charge in [-0.2, -0.15) is 0 Å². The number of hydrogen-bond acceptors (Lipinski definition) is 13. The van der Waals surface area contributed by atoms with E-state index in [1.807, 2.05) is 36.4 Å². The van der Waals surface area contributed by atoms with Crippen LogP contribution >= 0.6 is 0 Å². The lowest BCUT2D eigenvalue weighted by molar-refractivity contribution is 0.106. The molecule has 272 valence electrons. The van der Waals surface area contributed by atoms with Crippen LogP contribution in [0.1, 0.15) is 30.5 Å². The lowest BCUT2D eigenvalue weighted by atomic mass is 10.1. The molecule has 3 aromatic carbocycles. The standard InChI is InChI=1S/C36H54N4O9/c1-23(38-21-26-16-30(43-5)35(48-10)31(17-26)44-6)40(13-12-37-20-25-14-28(41-3)34(47-9)29(15-25)42-4)24(2)39-22-27-18-32(45-7)36(49-11)33(19-27)46-8/h14-19,23-24,37-39H,12-13,20-22H2,1-11H3. The van der Waals surface area contributed by atoms with Crippen molar-refractivity contribution in [2.24, 2.45) is 0 Å². The topological polar surface area (TPSA) is 122 Å². The molecule has 0 radical (unpaired) electrons. The van der Waals surface area contributed by atoms with E-state index < -0.39 is 0 Å². The fraction of sp³-hybridized carbons (Fsp3) is 0.500. The van der Waals surface area contributed by atoms with Crippen LogP contribution in [-0.4, -0.2) is 94.3 Å². The Morgan fingerprint density at radius 1 is 0.449 bits per heavy atom. The van der Waals surface area contributed by atoms with Crippen LogP contribution in [0.15, 0.2) is 36.4 Å². The van der Waals surface area contributed by atoms with Gasteiger partial charge in [0.05, 0.1) is 76.3 Å². The molecule has 13 nitrogen and oxygen atoms in total. The molecule has 13 heteroatoms. The Morgan fingerprint density at radius 3 is 1.00 bits per heavy atom. The molecule has 0 amide bonds. The number of hydrogen-bond donors (Lipinski definition) is 3. The number of nitrogens with zero attached hydrogens (tertiary/aromatic N) is 1. The zero-order valence-electron chi connectivity index (χ0n) is 30.8. The molecule has 3 rings (SSSR count). The molecule has 0 aromatic heterocycles. The highest BCUT2D eigenvalue weighted by atomic mass is 16.5. The van der Waals surface area contributed by atoms with Gasteiger partial charge in [-0.3, -0.25) is 15.5 Å². The van der Waals surface area contributed by atoms with E-state index in [1.54, 1.807) is 64.0 Å². The normalized spacial score (nSPS) is 12.2. The average molecular weight is 687 g/mol. The van der Waals surface area contributed by atoms with Crippen molar-refractivity contribution in [1.82, 2.24) is 20.9 Å². The SMILES string of the molecule is COc1cc(CNCCN(C(C)NCc2cc(OC)c(OC)c(OC)c2)C(C)NCc2cc(OC)c(OC)c(OC)c2)cc(OC)c1OC. The van der Waals surface area contributed by atoms with E-state index in [4.69, 9.17) is 42.6 Å². The van der Waals surface area contributed by atoms with Gasteiger partial charge < -0.3 is 47.9 Å². The van der Waals surface area contributed by atoms with Gasteiger partial charge in [-0.05, 0) is 66.9 Å². The summed E-state index contributed by atoms with van der Waals surface area (Å²) in [7, 11) is 14.5. The van der Waals surface area contributed by atoms with Gasteiger partial charge in [0, 0.05) is 32.7 Å². The van der Waals surface area contributed by atoms with Crippen molar-refractivity contribution < 1.29 is 42.6 Å². The lowest BCUT2D eigenvalue weighted by Gasteiger charge is -2.36. The molecule has 0 spiro atoms.